The van der Waals surface area contributed by atoms with Crippen LogP contribution < -0.4 is 0 Å². The molecule has 6 aliphatic rings. The van der Waals surface area contributed by atoms with Crippen LogP contribution in [0.15, 0.2) is 60.2 Å². The van der Waals surface area contributed by atoms with Crippen molar-refractivity contribution < 1.29 is 24.5 Å². The standard InChI is InChI=1S/C44H57NO5S/c1-6-50-41(48)45(26-31-15-16-32-25-37(31)42(32,3)4)27-44(49)21-19-36-34-18-14-29(22-33(46)17-13-28(2)10-9-20-43(36,44)5)23-35(34)40(47)39-24-30-11-7-8-12-38(30)51-39/h7-8,10-12,14,18,23-24,31-33,36-37,46,49H,6,9,13,15-17,19-22,25-27H2,1-5H3/t31-,32-,33-,36-,37-,43-,44+/m0/s1. The van der Waals surface area contributed by atoms with Gasteiger partial charge >= 0.3 is 6.09 Å². The van der Waals surface area contributed by atoms with Crippen molar-refractivity contribution in [2.45, 2.75) is 116 Å². The summed E-state index contributed by atoms with van der Waals surface area (Å²) in [6.45, 7) is 12.1. The first-order valence-corrected chi connectivity index (χ1v) is 20.3. The third-order valence-electron chi connectivity index (χ3n) is 14.0. The van der Waals surface area contributed by atoms with E-state index in [1.807, 2.05) is 42.2 Å². The number of thiophene rings is 1. The minimum absolute atomic E-state index is 0.00460. The Morgan fingerprint density at radius 2 is 1.82 bits per heavy atom. The zero-order valence-corrected chi connectivity index (χ0v) is 32.1. The van der Waals surface area contributed by atoms with Crippen molar-refractivity contribution in [3.63, 3.8) is 0 Å². The molecule has 1 aromatic heterocycles. The summed E-state index contributed by atoms with van der Waals surface area (Å²) in [6, 6.07) is 16.3. The average Bonchev–Trinajstić information content (AvgIpc) is 3.65. The molecule has 274 valence electrons. The quantitative estimate of drug-likeness (QED) is 0.188. The summed E-state index contributed by atoms with van der Waals surface area (Å²) >= 11 is 1.52. The molecule has 6 nitrogen and oxygen atoms in total. The van der Waals surface area contributed by atoms with E-state index in [2.05, 4.69) is 52.0 Å². The van der Waals surface area contributed by atoms with E-state index in [0.717, 1.165) is 46.4 Å². The van der Waals surface area contributed by atoms with Crippen LogP contribution in [0.3, 0.4) is 0 Å². The lowest BCUT2D eigenvalue weighted by atomic mass is 9.45. The molecule has 4 fully saturated rings. The molecule has 6 aliphatic carbocycles. The zero-order valence-electron chi connectivity index (χ0n) is 31.2. The number of allylic oxidation sites excluding steroid dienone is 2. The predicted octanol–water partition coefficient (Wildman–Crippen LogP) is 9.70. The lowest BCUT2D eigenvalue weighted by Gasteiger charge is -2.60. The fraction of sp³-hybridized carbons (Fsp3) is 0.591. The lowest BCUT2D eigenvalue weighted by Crippen LogP contribution is -2.58. The van der Waals surface area contributed by atoms with Gasteiger partial charge in [-0.15, -0.1) is 11.3 Å². The lowest BCUT2D eigenvalue weighted by molar-refractivity contribution is -0.120. The molecule has 0 spiro atoms. The van der Waals surface area contributed by atoms with Crippen molar-refractivity contribution in [3.8, 4) is 0 Å². The van der Waals surface area contributed by atoms with Gasteiger partial charge in [-0.1, -0.05) is 62.8 Å². The van der Waals surface area contributed by atoms with E-state index in [-0.39, 0.29) is 24.3 Å². The van der Waals surface area contributed by atoms with Crippen molar-refractivity contribution in [1.29, 1.82) is 0 Å². The minimum Gasteiger partial charge on any atom is -0.450 e. The van der Waals surface area contributed by atoms with Crippen molar-refractivity contribution in [2.75, 3.05) is 19.7 Å². The average molecular weight is 712 g/mol. The number of carbonyl (C=O) groups is 2. The van der Waals surface area contributed by atoms with Gasteiger partial charge in [0.2, 0.25) is 5.78 Å². The molecule has 3 aromatic rings. The van der Waals surface area contributed by atoms with Crippen LogP contribution in [-0.4, -0.2) is 58.4 Å². The highest BCUT2D eigenvalue weighted by Crippen LogP contribution is 2.62. The number of hydrogen-bond donors (Lipinski definition) is 2. The summed E-state index contributed by atoms with van der Waals surface area (Å²) in [5, 5.41) is 25.1. The fourth-order valence-corrected chi connectivity index (χ4v) is 11.6. The molecule has 4 saturated carbocycles. The van der Waals surface area contributed by atoms with Crippen LogP contribution in [0, 0.1) is 28.6 Å². The van der Waals surface area contributed by atoms with Gasteiger partial charge in [0.05, 0.1) is 29.7 Å². The highest BCUT2D eigenvalue weighted by atomic mass is 32.1. The molecule has 2 aromatic carbocycles. The molecule has 9 rings (SSSR count). The van der Waals surface area contributed by atoms with E-state index in [1.54, 1.807) is 0 Å². The van der Waals surface area contributed by atoms with Crippen LogP contribution in [0.2, 0.25) is 0 Å². The van der Waals surface area contributed by atoms with Crippen LogP contribution in [0.5, 0.6) is 0 Å². The topological polar surface area (TPSA) is 87.1 Å². The Hall–Kier alpha value is -3.00. The van der Waals surface area contributed by atoms with Gasteiger partial charge in [-0.2, -0.15) is 0 Å². The van der Waals surface area contributed by atoms with Crippen LogP contribution in [0.4, 0.5) is 4.79 Å². The second-order valence-corrected chi connectivity index (χ2v) is 18.3. The molecular formula is C44H57NO5S. The maximum Gasteiger partial charge on any atom is 0.409 e. The second-order valence-electron chi connectivity index (χ2n) is 17.2. The van der Waals surface area contributed by atoms with Crippen molar-refractivity contribution in [2.24, 2.45) is 28.6 Å². The highest BCUT2D eigenvalue weighted by Gasteiger charge is 2.59. The van der Waals surface area contributed by atoms with E-state index in [1.165, 1.54) is 29.8 Å². The molecule has 51 heavy (non-hydrogen) atoms. The van der Waals surface area contributed by atoms with Gasteiger partial charge in [0.15, 0.2) is 0 Å². The number of ketones is 1. The van der Waals surface area contributed by atoms with Gasteiger partial charge in [0, 0.05) is 22.2 Å². The van der Waals surface area contributed by atoms with E-state index in [4.69, 9.17) is 4.74 Å². The van der Waals surface area contributed by atoms with Crippen LogP contribution >= 0.6 is 11.3 Å². The smallest absolute Gasteiger partial charge is 0.409 e. The van der Waals surface area contributed by atoms with Crippen LogP contribution in [-0.2, 0) is 11.2 Å². The molecule has 1 amide bonds. The predicted molar refractivity (Wildman–Crippen MR) is 205 cm³/mol. The van der Waals surface area contributed by atoms with Gasteiger partial charge in [-0.25, -0.2) is 4.79 Å². The SMILES string of the molecule is CCOC(=O)N(C[C@@H]1CC[C@H]2C[C@@H]1C2(C)C)C[C@]1(O)CC[C@H]2c3ccc(cc3C(=O)c3cc4ccccc4s3)C[C@@H](O)CCC(C)=CCC[C@@]21C. The molecule has 0 radical (unpaired) electrons. The van der Waals surface area contributed by atoms with Crippen LogP contribution in [0.1, 0.15) is 125 Å². The number of carbonyl (C=O) groups excluding carboxylic acids is 2. The molecule has 0 aliphatic heterocycles. The normalized spacial score (nSPS) is 31.7. The number of rotatable bonds is 7. The number of fused-ring (bicyclic) bond motifs is 11. The second kappa shape index (κ2) is 14.1. The van der Waals surface area contributed by atoms with Crippen molar-refractivity contribution in [1.82, 2.24) is 4.90 Å². The monoisotopic (exact) mass is 711 g/mol. The van der Waals surface area contributed by atoms with Gasteiger partial charge in [-0.05, 0) is 142 Å². The maximum absolute atomic E-state index is 14.6. The van der Waals surface area contributed by atoms with Gasteiger partial charge < -0.3 is 19.8 Å². The number of hydrogen-bond acceptors (Lipinski definition) is 6. The summed E-state index contributed by atoms with van der Waals surface area (Å²) in [5.74, 6) is 1.64. The largest absolute Gasteiger partial charge is 0.450 e. The Morgan fingerprint density at radius 3 is 2.57 bits per heavy atom. The maximum atomic E-state index is 14.6. The Morgan fingerprint density at radius 1 is 1.02 bits per heavy atom. The summed E-state index contributed by atoms with van der Waals surface area (Å²) in [4.78, 5) is 30.9. The number of ether oxygens (including phenoxy) is 1. The molecule has 2 N–H and O–H groups in total. The molecule has 7 heteroatoms. The number of aliphatic hydroxyl groups excluding tert-OH is 1. The summed E-state index contributed by atoms with van der Waals surface area (Å²) in [6.07, 6.45) is 9.65. The molecule has 4 bridgehead atoms. The highest BCUT2D eigenvalue weighted by molar-refractivity contribution is 7.21. The van der Waals surface area contributed by atoms with E-state index in [0.29, 0.717) is 72.9 Å². The van der Waals surface area contributed by atoms with Gasteiger partial charge in [-0.3, -0.25) is 4.79 Å². The third kappa shape index (κ3) is 6.72. The molecule has 1 heterocycles. The third-order valence-corrected chi connectivity index (χ3v) is 15.1. The Labute approximate surface area is 308 Å². The molecule has 0 unspecified atom stereocenters. The molecule has 0 saturated heterocycles. The molecular weight excluding hydrogens is 655 g/mol. The Balaban J connectivity index is 1.27. The molecule has 7 atom stereocenters. The zero-order chi connectivity index (χ0) is 36.1. The van der Waals surface area contributed by atoms with E-state index < -0.39 is 17.1 Å². The summed E-state index contributed by atoms with van der Waals surface area (Å²) < 4.78 is 6.76. The van der Waals surface area contributed by atoms with Crippen molar-refractivity contribution >= 4 is 33.3 Å². The summed E-state index contributed by atoms with van der Waals surface area (Å²) in [5.41, 5.74) is 2.32. The van der Waals surface area contributed by atoms with Crippen LogP contribution in [0.25, 0.3) is 10.1 Å². The van der Waals surface area contributed by atoms with Crippen molar-refractivity contribution in [3.05, 3.63) is 81.7 Å². The number of aliphatic hydroxyl groups is 2. The van der Waals surface area contributed by atoms with E-state index in [9.17, 15) is 19.8 Å². The van der Waals surface area contributed by atoms with Gasteiger partial charge in [0.1, 0.15) is 0 Å². The first-order chi connectivity index (χ1) is 24.3. The Kier molecular flexibility index (Phi) is 10.0. The van der Waals surface area contributed by atoms with E-state index >= 15 is 0 Å². The van der Waals surface area contributed by atoms with Gasteiger partial charge in [0.25, 0.3) is 0 Å². The number of amides is 1. The fourth-order valence-electron chi connectivity index (χ4n) is 10.6. The first-order valence-electron chi connectivity index (χ1n) is 19.5. The Bertz CT molecular complexity index is 1770. The number of benzene rings is 2. The minimum atomic E-state index is -1.18. The first kappa shape index (κ1) is 36.4. The number of nitrogens with zero attached hydrogens (tertiary/aromatic N) is 1. The summed E-state index contributed by atoms with van der Waals surface area (Å²) in [7, 11) is 0.